The van der Waals surface area contributed by atoms with E-state index in [-0.39, 0.29) is 17.9 Å². The van der Waals surface area contributed by atoms with E-state index in [1.807, 2.05) is 25.1 Å². The Morgan fingerprint density at radius 1 is 1.19 bits per heavy atom. The number of carboxylic acid groups (broad SMARTS) is 1. The number of rotatable bonds is 9. The molecule has 2 aromatic carbocycles. The highest BCUT2D eigenvalue weighted by Crippen LogP contribution is 2.43. The SMILES string of the molecule is COCCCC[C@@](O)(c1cccc(Oc2ccccc2C)c1F)C1CCCN(C(=O)O)C1. The van der Waals surface area contributed by atoms with E-state index in [1.54, 1.807) is 31.4 Å². The molecule has 32 heavy (non-hydrogen) atoms. The number of halogens is 1. The van der Waals surface area contributed by atoms with Crippen molar-refractivity contribution in [2.75, 3.05) is 26.8 Å². The molecule has 0 radical (unpaired) electrons. The van der Waals surface area contributed by atoms with Gasteiger partial charge in [0.1, 0.15) is 5.75 Å². The second-order valence-electron chi connectivity index (χ2n) is 8.43. The summed E-state index contributed by atoms with van der Waals surface area (Å²) in [4.78, 5) is 12.9. The molecule has 7 heteroatoms. The molecule has 1 heterocycles. The van der Waals surface area contributed by atoms with Crippen LogP contribution in [0, 0.1) is 18.7 Å². The Bertz CT molecular complexity index is 921. The summed E-state index contributed by atoms with van der Waals surface area (Å²) in [6.07, 6.45) is 1.86. The van der Waals surface area contributed by atoms with Crippen LogP contribution in [0.5, 0.6) is 11.5 Å². The number of nitrogens with zero attached hydrogens (tertiary/aromatic N) is 1. The van der Waals surface area contributed by atoms with Crippen LogP contribution in [0.3, 0.4) is 0 Å². The third kappa shape index (κ3) is 5.40. The molecule has 1 amide bonds. The van der Waals surface area contributed by atoms with Crippen LogP contribution in [0.4, 0.5) is 9.18 Å². The molecule has 1 aliphatic heterocycles. The van der Waals surface area contributed by atoms with Crippen molar-refractivity contribution in [2.45, 2.75) is 44.6 Å². The first-order valence-corrected chi connectivity index (χ1v) is 11.1. The molecular formula is C25H32FNO5. The van der Waals surface area contributed by atoms with Gasteiger partial charge in [-0.05, 0) is 56.7 Å². The fourth-order valence-electron chi connectivity index (χ4n) is 4.45. The lowest BCUT2D eigenvalue weighted by Crippen LogP contribution is -2.48. The van der Waals surface area contributed by atoms with Crippen molar-refractivity contribution in [2.24, 2.45) is 5.92 Å². The van der Waals surface area contributed by atoms with Crippen LogP contribution in [0.2, 0.25) is 0 Å². The number of amides is 1. The van der Waals surface area contributed by atoms with Crippen LogP contribution in [-0.4, -0.2) is 48.0 Å². The number of hydrogen-bond acceptors (Lipinski definition) is 4. The van der Waals surface area contributed by atoms with E-state index in [9.17, 15) is 15.0 Å². The third-order valence-corrected chi connectivity index (χ3v) is 6.27. The Labute approximate surface area is 188 Å². The highest BCUT2D eigenvalue weighted by atomic mass is 19.1. The number of aliphatic hydroxyl groups is 1. The molecular weight excluding hydrogens is 413 g/mol. The maximum absolute atomic E-state index is 15.7. The number of benzene rings is 2. The van der Waals surface area contributed by atoms with Crippen molar-refractivity contribution in [1.29, 1.82) is 0 Å². The van der Waals surface area contributed by atoms with Gasteiger partial charge in [0.25, 0.3) is 0 Å². The van der Waals surface area contributed by atoms with Gasteiger partial charge in [-0.3, -0.25) is 0 Å². The van der Waals surface area contributed by atoms with E-state index >= 15 is 4.39 Å². The first-order valence-electron chi connectivity index (χ1n) is 11.1. The van der Waals surface area contributed by atoms with E-state index in [2.05, 4.69) is 0 Å². The van der Waals surface area contributed by atoms with E-state index in [0.29, 0.717) is 44.6 Å². The second kappa shape index (κ2) is 10.8. The molecule has 1 aliphatic rings. The van der Waals surface area contributed by atoms with Crippen LogP contribution >= 0.6 is 0 Å². The Morgan fingerprint density at radius 3 is 2.66 bits per heavy atom. The normalized spacial score (nSPS) is 18.2. The van der Waals surface area contributed by atoms with Gasteiger partial charge in [0.05, 0.1) is 5.60 Å². The summed E-state index contributed by atoms with van der Waals surface area (Å²) in [5.74, 6) is -0.449. The Balaban J connectivity index is 1.95. The van der Waals surface area contributed by atoms with Crippen LogP contribution in [0.1, 0.15) is 43.2 Å². The van der Waals surface area contributed by atoms with E-state index in [1.165, 1.54) is 4.90 Å². The number of unbranched alkanes of at least 4 members (excludes halogenated alkanes) is 1. The smallest absolute Gasteiger partial charge is 0.407 e. The summed E-state index contributed by atoms with van der Waals surface area (Å²) in [5, 5.41) is 21.3. The third-order valence-electron chi connectivity index (χ3n) is 6.27. The standard InChI is InChI=1S/C25H32FNO5/c1-18-9-3-4-12-21(18)32-22-13-7-11-20(23(22)26)25(30,14-5-6-16-31-2)19-10-8-15-27(17-19)24(28)29/h3-4,7,9,11-13,19,30H,5-6,8,10,14-17H2,1-2H3,(H,28,29)/t19?,25-/m0/s1. The lowest BCUT2D eigenvalue weighted by Gasteiger charge is -2.42. The average molecular weight is 446 g/mol. The molecule has 0 saturated carbocycles. The zero-order chi connectivity index (χ0) is 23.1. The van der Waals surface area contributed by atoms with Gasteiger partial charge in [-0.15, -0.1) is 0 Å². The number of piperidine rings is 1. The monoisotopic (exact) mass is 445 g/mol. The molecule has 0 spiro atoms. The van der Waals surface area contributed by atoms with Gasteiger partial charge < -0.3 is 24.6 Å². The summed E-state index contributed by atoms with van der Waals surface area (Å²) >= 11 is 0. The first kappa shape index (κ1) is 24.0. The molecule has 2 atom stereocenters. The number of hydrogen-bond donors (Lipinski definition) is 2. The Kier molecular flexibility index (Phi) is 8.10. The minimum Gasteiger partial charge on any atom is -0.465 e. The van der Waals surface area contributed by atoms with Gasteiger partial charge in [0.15, 0.2) is 11.6 Å². The van der Waals surface area contributed by atoms with Crippen molar-refractivity contribution in [1.82, 2.24) is 4.90 Å². The lowest BCUT2D eigenvalue weighted by atomic mass is 9.74. The molecule has 1 unspecified atom stereocenters. The molecule has 0 bridgehead atoms. The zero-order valence-electron chi connectivity index (χ0n) is 18.7. The highest BCUT2D eigenvalue weighted by Gasteiger charge is 2.43. The van der Waals surface area contributed by atoms with Crippen molar-refractivity contribution >= 4 is 6.09 Å². The number of ether oxygens (including phenoxy) is 2. The minimum absolute atomic E-state index is 0.0398. The summed E-state index contributed by atoms with van der Waals surface area (Å²) in [6, 6.07) is 12.1. The van der Waals surface area contributed by atoms with Crippen LogP contribution in [0.25, 0.3) is 0 Å². The molecule has 6 nitrogen and oxygen atoms in total. The second-order valence-corrected chi connectivity index (χ2v) is 8.43. The van der Waals surface area contributed by atoms with Crippen molar-refractivity contribution in [3.8, 4) is 11.5 Å². The first-order chi connectivity index (χ1) is 15.4. The van der Waals surface area contributed by atoms with E-state index in [4.69, 9.17) is 9.47 Å². The van der Waals surface area contributed by atoms with Crippen LogP contribution < -0.4 is 4.74 Å². The number of para-hydroxylation sites is 1. The molecule has 0 aliphatic carbocycles. The van der Waals surface area contributed by atoms with Crippen molar-refractivity contribution < 1.29 is 28.9 Å². The fourth-order valence-corrected chi connectivity index (χ4v) is 4.45. The van der Waals surface area contributed by atoms with E-state index in [0.717, 1.165) is 12.0 Å². The zero-order valence-corrected chi connectivity index (χ0v) is 18.7. The molecule has 1 fully saturated rings. The maximum atomic E-state index is 15.7. The lowest BCUT2D eigenvalue weighted by molar-refractivity contribution is -0.0610. The Morgan fingerprint density at radius 2 is 1.94 bits per heavy atom. The largest absolute Gasteiger partial charge is 0.465 e. The summed E-state index contributed by atoms with van der Waals surface area (Å²) in [7, 11) is 1.62. The predicted octanol–water partition coefficient (Wildman–Crippen LogP) is 5.32. The summed E-state index contributed by atoms with van der Waals surface area (Å²) in [5.41, 5.74) is -0.494. The van der Waals surface area contributed by atoms with Gasteiger partial charge in [-0.25, -0.2) is 9.18 Å². The van der Waals surface area contributed by atoms with Gasteiger partial charge in [0.2, 0.25) is 0 Å². The maximum Gasteiger partial charge on any atom is 0.407 e. The average Bonchev–Trinajstić information content (AvgIpc) is 2.79. The predicted molar refractivity (Wildman–Crippen MR) is 120 cm³/mol. The molecule has 3 rings (SSSR count). The molecule has 1 saturated heterocycles. The van der Waals surface area contributed by atoms with E-state index < -0.39 is 23.4 Å². The van der Waals surface area contributed by atoms with Crippen LogP contribution in [0.15, 0.2) is 42.5 Å². The van der Waals surface area contributed by atoms with Crippen molar-refractivity contribution in [3.05, 3.63) is 59.4 Å². The van der Waals surface area contributed by atoms with Gasteiger partial charge in [0, 0.05) is 38.3 Å². The fraction of sp³-hybridized carbons (Fsp3) is 0.480. The van der Waals surface area contributed by atoms with Crippen molar-refractivity contribution in [3.63, 3.8) is 0 Å². The number of methoxy groups -OCH3 is 1. The van der Waals surface area contributed by atoms with Gasteiger partial charge >= 0.3 is 6.09 Å². The Hall–Kier alpha value is -2.64. The molecule has 2 aromatic rings. The summed E-state index contributed by atoms with van der Waals surface area (Å²) in [6.45, 7) is 3.01. The molecule has 0 aromatic heterocycles. The van der Waals surface area contributed by atoms with Gasteiger partial charge in [-0.1, -0.05) is 30.3 Å². The summed E-state index contributed by atoms with van der Waals surface area (Å²) < 4.78 is 26.7. The number of likely N-dealkylation sites (tertiary alicyclic amines) is 1. The highest BCUT2D eigenvalue weighted by molar-refractivity contribution is 5.65. The van der Waals surface area contributed by atoms with Gasteiger partial charge in [-0.2, -0.15) is 0 Å². The minimum atomic E-state index is -1.52. The number of carbonyl (C=O) groups is 1. The molecule has 174 valence electrons. The number of aryl methyl sites for hydroxylation is 1. The topological polar surface area (TPSA) is 79.2 Å². The quantitative estimate of drug-likeness (QED) is 0.511. The molecule has 2 N–H and O–H groups in total. The van der Waals surface area contributed by atoms with Crippen LogP contribution in [-0.2, 0) is 10.3 Å².